The number of hydrogen-bond donors (Lipinski definition) is 1. The average molecular weight is 418 g/mol. The van der Waals surface area contributed by atoms with Gasteiger partial charge in [0.05, 0.1) is 0 Å². The van der Waals surface area contributed by atoms with Crippen LogP contribution in [0.3, 0.4) is 0 Å². The maximum Gasteiger partial charge on any atom is 0.285 e. The minimum atomic E-state index is -3.63. The first-order valence-corrected chi connectivity index (χ1v) is 10.9. The van der Waals surface area contributed by atoms with Crippen molar-refractivity contribution in [2.45, 2.75) is 24.7 Å². The molecule has 0 aliphatic carbocycles. The summed E-state index contributed by atoms with van der Waals surface area (Å²) in [5.74, 6) is 0.311. The van der Waals surface area contributed by atoms with Crippen LogP contribution in [0.1, 0.15) is 24.0 Å². The van der Waals surface area contributed by atoms with E-state index in [2.05, 4.69) is 9.71 Å². The Bertz CT molecular complexity index is 1070. The highest BCUT2D eigenvalue weighted by Gasteiger charge is 2.34. The van der Waals surface area contributed by atoms with Gasteiger partial charge in [-0.3, -0.25) is 4.79 Å². The van der Waals surface area contributed by atoms with Gasteiger partial charge in [-0.2, -0.15) is 8.42 Å². The van der Waals surface area contributed by atoms with Gasteiger partial charge in [-0.25, -0.2) is 0 Å². The number of hydrogen-bond acceptors (Lipinski definition) is 4. The van der Waals surface area contributed by atoms with Crippen LogP contribution >= 0.6 is 11.6 Å². The van der Waals surface area contributed by atoms with Gasteiger partial charge in [-0.05, 0) is 49.6 Å². The summed E-state index contributed by atoms with van der Waals surface area (Å²) in [5, 5.41) is 3.54. The van der Waals surface area contributed by atoms with E-state index in [1.165, 1.54) is 0 Å². The lowest BCUT2D eigenvalue weighted by Gasteiger charge is -2.32. The number of fused-ring (bicyclic) bond motifs is 1. The van der Waals surface area contributed by atoms with Gasteiger partial charge >= 0.3 is 0 Å². The quantitative estimate of drug-likeness (QED) is 0.811. The molecule has 1 fully saturated rings. The molecule has 6 nitrogen and oxygen atoms in total. The molecule has 146 valence electrons. The van der Waals surface area contributed by atoms with Crippen LogP contribution in [-0.2, 0) is 14.8 Å². The zero-order valence-electron chi connectivity index (χ0n) is 15.4. The van der Waals surface area contributed by atoms with Gasteiger partial charge < -0.3 is 10.2 Å². The van der Waals surface area contributed by atoms with E-state index in [9.17, 15) is 13.2 Å². The van der Waals surface area contributed by atoms with E-state index in [-0.39, 0.29) is 16.7 Å². The topological polar surface area (TPSA) is 78.8 Å². The molecule has 0 atom stereocenters. The third-order valence-corrected chi connectivity index (χ3v) is 6.95. The first-order chi connectivity index (χ1) is 13.3. The lowest BCUT2D eigenvalue weighted by Crippen LogP contribution is -2.41. The van der Waals surface area contributed by atoms with E-state index in [1.807, 2.05) is 30.0 Å². The van der Waals surface area contributed by atoms with Gasteiger partial charge in [0.2, 0.25) is 5.91 Å². The monoisotopic (exact) mass is 417 g/mol. The fraction of sp³-hybridized carbons (Fsp3) is 0.300. The SMILES string of the molecule is Cc1ccc(NC(=O)C2CCN(C3=NS(=O)(=O)c4ccccc43)CC2)cc1Cl. The van der Waals surface area contributed by atoms with E-state index < -0.39 is 10.0 Å². The summed E-state index contributed by atoms with van der Waals surface area (Å²) < 4.78 is 28.5. The fourth-order valence-electron chi connectivity index (χ4n) is 3.58. The zero-order chi connectivity index (χ0) is 19.9. The van der Waals surface area contributed by atoms with Crippen molar-refractivity contribution in [1.82, 2.24) is 4.90 Å². The van der Waals surface area contributed by atoms with E-state index >= 15 is 0 Å². The van der Waals surface area contributed by atoms with E-state index in [0.29, 0.717) is 48.0 Å². The molecule has 4 rings (SSSR count). The van der Waals surface area contributed by atoms with Crippen LogP contribution in [0.4, 0.5) is 5.69 Å². The van der Waals surface area contributed by atoms with Crippen molar-refractivity contribution >= 4 is 39.1 Å². The minimum Gasteiger partial charge on any atom is -0.355 e. The normalized spacial score (nSPS) is 18.5. The summed E-state index contributed by atoms with van der Waals surface area (Å²) in [4.78, 5) is 14.8. The van der Waals surface area contributed by atoms with Crippen LogP contribution < -0.4 is 5.32 Å². The van der Waals surface area contributed by atoms with Crippen molar-refractivity contribution in [3.63, 3.8) is 0 Å². The number of amidine groups is 1. The van der Waals surface area contributed by atoms with Crippen molar-refractivity contribution in [1.29, 1.82) is 0 Å². The van der Waals surface area contributed by atoms with E-state index in [0.717, 1.165) is 5.56 Å². The van der Waals surface area contributed by atoms with Gasteiger partial charge in [-0.1, -0.05) is 29.8 Å². The Kier molecular flexibility index (Phi) is 4.89. The predicted octanol–water partition coefficient (Wildman–Crippen LogP) is 3.45. The lowest BCUT2D eigenvalue weighted by atomic mass is 9.95. The Labute approximate surface area is 169 Å². The second-order valence-electron chi connectivity index (χ2n) is 7.10. The Morgan fingerprint density at radius 3 is 2.61 bits per heavy atom. The number of piperidine rings is 1. The smallest absolute Gasteiger partial charge is 0.285 e. The van der Waals surface area contributed by atoms with Crippen LogP contribution in [0.25, 0.3) is 0 Å². The summed E-state index contributed by atoms with van der Waals surface area (Å²) >= 11 is 6.12. The number of rotatable bonds is 2. The van der Waals surface area contributed by atoms with Crippen LogP contribution in [0.5, 0.6) is 0 Å². The van der Waals surface area contributed by atoms with Crippen molar-refractivity contribution in [3.8, 4) is 0 Å². The molecular weight excluding hydrogens is 398 g/mol. The van der Waals surface area contributed by atoms with Crippen LogP contribution in [-0.4, -0.2) is 38.2 Å². The number of anilines is 1. The molecule has 1 amide bonds. The van der Waals surface area contributed by atoms with Crippen molar-refractivity contribution in [2.24, 2.45) is 10.3 Å². The van der Waals surface area contributed by atoms with Gasteiger partial charge in [0.25, 0.3) is 10.0 Å². The summed E-state index contributed by atoms with van der Waals surface area (Å²) in [6.07, 6.45) is 1.26. The summed E-state index contributed by atoms with van der Waals surface area (Å²) in [7, 11) is -3.63. The molecule has 0 bridgehead atoms. The number of nitrogens with zero attached hydrogens (tertiary/aromatic N) is 2. The van der Waals surface area contributed by atoms with E-state index in [1.54, 1.807) is 24.3 Å². The average Bonchev–Trinajstić information content (AvgIpc) is 2.96. The molecule has 8 heteroatoms. The van der Waals surface area contributed by atoms with Crippen LogP contribution in [0.15, 0.2) is 51.8 Å². The number of carbonyl (C=O) groups is 1. The molecule has 0 radical (unpaired) electrons. The van der Waals surface area contributed by atoms with E-state index in [4.69, 9.17) is 11.6 Å². The summed E-state index contributed by atoms with van der Waals surface area (Å²) in [6, 6.07) is 12.3. The van der Waals surface area contributed by atoms with Crippen molar-refractivity contribution in [2.75, 3.05) is 18.4 Å². The third kappa shape index (κ3) is 3.52. The highest BCUT2D eigenvalue weighted by Crippen LogP contribution is 2.30. The molecule has 0 aromatic heterocycles. The van der Waals surface area contributed by atoms with Gasteiger partial charge in [0.1, 0.15) is 4.90 Å². The molecule has 0 saturated carbocycles. The zero-order valence-corrected chi connectivity index (χ0v) is 16.9. The first kappa shape index (κ1) is 19.0. The molecule has 2 aromatic carbocycles. The van der Waals surface area contributed by atoms with Gasteiger partial charge in [0, 0.05) is 35.3 Å². The second-order valence-corrected chi connectivity index (χ2v) is 9.08. The Morgan fingerprint density at radius 1 is 1.18 bits per heavy atom. The van der Waals surface area contributed by atoms with Crippen LogP contribution in [0, 0.1) is 12.8 Å². The first-order valence-electron chi connectivity index (χ1n) is 9.11. The van der Waals surface area contributed by atoms with Gasteiger partial charge in [0.15, 0.2) is 5.84 Å². The standard InChI is InChI=1S/C20H20ClN3O3S/c1-13-6-7-15(12-17(13)21)22-20(25)14-8-10-24(11-9-14)19-16-4-2-3-5-18(16)28(26,27)23-19/h2-7,12,14H,8-11H2,1H3,(H,22,25). The van der Waals surface area contributed by atoms with Crippen molar-refractivity contribution in [3.05, 3.63) is 58.6 Å². The maximum absolute atomic E-state index is 12.6. The third-order valence-electron chi connectivity index (χ3n) is 5.22. The molecule has 2 aliphatic heterocycles. The highest BCUT2D eigenvalue weighted by molar-refractivity contribution is 7.90. The number of aryl methyl sites for hydroxylation is 1. The molecule has 28 heavy (non-hydrogen) atoms. The number of sulfonamides is 1. The predicted molar refractivity (Wildman–Crippen MR) is 109 cm³/mol. The largest absolute Gasteiger partial charge is 0.355 e. The second kappa shape index (κ2) is 7.22. The number of likely N-dealkylation sites (tertiary alicyclic amines) is 1. The number of nitrogens with one attached hydrogen (secondary N) is 1. The summed E-state index contributed by atoms with van der Waals surface area (Å²) in [6.45, 7) is 3.07. The number of carbonyl (C=O) groups excluding carboxylic acids is 1. The molecule has 1 N–H and O–H groups in total. The number of benzene rings is 2. The Morgan fingerprint density at radius 2 is 1.89 bits per heavy atom. The Balaban J connectivity index is 1.42. The van der Waals surface area contributed by atoms with Crippen molar-refractivity contribution < 1.29 is 13.2 Å². The lowest BCUT2D eigenvalue weighted by molar-refractivity contribution is -0.120. The molecule has 2 aromatic rings. The molecule has 0 unspecified atom stereocenters. The number of amides is 1. The summed E-state index contributed by atoms with van der Waals surface area (Å²) in [5.41, 5.74) is 2.28. The number of halogens is 1. The minimum absolute atomic E-state index is 0.0408. The molecule has 0 spiro atoms. The molecule has 2 heterocycles. The maximum atomic E-state index is 12.6. The highest BCUT2D eigenvalue weighted by atomic mass is 35.5. The van der Waals surface area contributed by atoms with Gasteiger partial charge in [-0.15, -0.1) is 4.40 Å². The molecule has 2 aliphatic rings. The molecular formula is C20H20ClN3O3S. The Hall–Kier alpha value is -2.38. The fourth-order valence-corrected chi connectivity index (χ4v) is 4.99. The van der Waals surface area contributed by atoms with Crippen LogP contribution in [0.2, 0.25) is 5.02 Å². The molecule has 1 saturated heterocycles.